The van der Waals surface area contributed by atoms with Crippen LogP contribution in [0.15, 0.2) is 42.5 Å². The fraction of sp³-hybridized carbons (Fsp3) is 0.381. The number of ether oxygens (including phenoxy) is 1. The van der Waals surface area contributed by atoms with E-state index < -0.39 is 0 Å². The van der Waals surface area contributed by atoms with Gasteiger partial charge < -0.3 is 10.1 Å². The van der Waals surface area contributed by atoms with E-state index in [0.29, 0.717) is 6.42 Å². The van der Waals surface area contributed by atoms with Gasteiger partial charge in [0.25, 0.3) is 0 Å². The molecule has 0 fully saturated rings. The second kappa shape index (κ2) is 7.92. The highest BCUT2D eigenvalue weighted by molar-refractivity contribution is 6.30. The van der Waals surface area contributed by atoms with Crippen LogP contribution in [0.5, 0.6) is 5.75 Å². The molecule has 0 aromatic heterocycles. The second-order valence-electron chi connectivity index (χ2n) is 6.57. The van der Waals surface area contributed by atoms with Crippen molar-refractivity contribution in [2.45, 2.75) is 44.6 Å². The minimum atomic E-state index is 0.104. The van der Waals surface area contributed by atoms with E-state index in [0.717, 1.165) is 30.0 Å². The highest BCUT2D eigenvalue weighted by atomic mass is 35.5. The number of fused-ring (bicyclic) bond motifs is 1. The van der Waals surface area contributed by atoms with Gasteiger partial charge in [0.15, 0.2) is 0 Å². The van der Waals surface area contributed by atoms with Crippen molar-refractivity contribution in [3.05, 3.63) is 64.2 Å². The summed E-state index contributed by atoms with van der Waals surface area (Å²) < 4.78 is 5.43. The summed E-state index contributed by atoms with van der Waals surface area (Å²) in [7, 11) is 1.69. The quantitative estimate of drug-likeness (QED) is 0.854. The van der Waals surface area contributed by atoms with Crippen molar-refractivity contribution in [1.29, 1.82) is 0 Å². The number of aryl methyl sites for hydroxylation is 1. The summed E-state index contributed by atoms with van der Waals surface area (Å²) >= 11 is 6.16. The first kappa shape index (κ1) is 17.8. The number of hydrogen-bond donors (Lipinski definition) is 1. The minimum Gasteiger partial charge on any atom is -0.497 e. The zero-order valence-corrected chi connectivity index (χ0v) is 15.5. The largest absolute Gasteiger partial charge is 0.497 e. The van der Waals surface area contributed by atoms with Crippen LogP contribution in [0.1, 0.15) is 42.4 Å². The third kappa shape index (κ3) is 4.16. The van der Waals surface area contributed by atoms with Gasteiger partial charge in [-0.2, -0.15) is 0 Å². The van der Waals surface area contributed by atoms with Gasteiger partial charge in [-0.15, -0.1) is 0 Å². The molecule has 0 aliphatic heterocycles. The number of carbonyl (C=O) groups is 1. The molecule has 2 atom stereocenters. The lowest BCUT2D eigenvalue weighted by Crippen LogP contribution is -2.42. The molecule has 4 heteroatoms. The van der Waals surface area contributed by atoms with Crippen molar-refractivity contribution in [1.82, 2.24) is 5.32 Å². The molecule has 0 spiro atoms. The van der Waals surface area contributed by atoms with E-state index in [1.165, 1.54) is 16.7 Å². The van der Waals surface area contributed by atoms with Gasteiger partial charge in [-0.1, -0.05) is 36.7 Å². The Morgan fingerprint density at radius 3 is 2.84 bits per heavy atom. The van der Waals surface area contributed by atoms with Crippen molar-refractivity contribution in [3.63, 3.8) is 0 Å². The fourth-order valence-electron chi connectivity index (χ4n) is 3.65. The molecule has 0 radical (unpaired) electrons. The predicted molar refractivity (Wildman–Crippen MR) is 101 cm³/mol. The summed E-state index contributed by atoms with van der Waals surface area (Å²) in [4.78, 5) is 12.0. The topological polar surface area (TPSA) is 38.3 Å². The average molecular weight is 358 g/mol. The number of methoxy groups -OCH3 is 1. The molecule has 0 heterocycles. The normalized spacial score (nSPS) is 19.2. The van der Waals surface area contributed by atoms with Crippen molar-refractivity contribution in [2.24, 2.45) is 0 Å². The highest BCUT2D eigenvalue weighted by Gasteiger charge is 2.31. The second-order valence-corrected chi connectivity index (χ2v) is 7.01. The molecular formula is C21H24ClNO2. The highest BCUT2D eigenvalue weighted by Crippen LogP contribution is 2.37. The lowest BCUT2D eigenvalue weighted by atomic mass is 9.76. The predicted octanol–water partition coefficient (Wildman–Crippen LogP) is 4.52. The minimum absolute atomic E-state index is 0.104. The lowest BCUT2D eigenvalue weighted by molar-refractivity contribution is -0.121. The van der Waals surface area contributed by atoms with Crippen LogP contribution in [0.4, 0.5) is 0 Å². The summed E-state index contributed by atoms with van der Waals surface area (Å²) in [5, 5.41) is 3.96. The Kier molecular flexibility index (Phi) is 5.64. The van der Waals surface area contributed by atoms with Gasteiger partial charge in [0, 0.05) is 23.4 Å². The van der Waals surface area contributed by atoms with Gasteiger partial charge in [0.05, 0.1) is 7.11 Å². The maximum absolute atomic E-state index is 12.0. The molecule has 1 N–H and O–H groups in total. The summed E-state index contributed by atoms with van der Waals surface area (Å²) in [5.41, 5.74) is 3.80. The molecule has 25 heavy (non-hydrogen) atoms. The number of hydrogen-bond acceptors (Lipinski definition) is 2. The summed E-state index contributed by atoms with van der Waals surface area (Å²) in [6.45, 7) is 1.89. The Morgan fingerprint density at radius 1 is 1.28 bits per heavy atom. The van der Waals surface area contributed by atoms with E-state index in [2.05, 4.69) is 23.5 Å². The summed E-state index contributed by atoms with van der Waals surface area (Å²) in [6.07, 6.45) is 3.27. The van der Waals surface area contributed by atoms with Gasteiger partial charge >= 0.3 is 0 Å². The van der Waals surface area contributed by atoms with E-state index in [9.17, 15) is 4.79 Å². The van der Waals surface area contributed by atoms with Crippen LogP contribution in [-0.2, 0) is 17.6 Å². The molecule has 0 saturated carbocycles. The number of amides is 1. The molecule has 0 bridgehead atoms. The lowest BCUT2D eigenvalue weighted by Gasteiger charge is -2.34. The number of carbonyl (C=O) groups excluding carboxylic acids is 1. The zero-order chi connectivity index (χ0) is 17.8. The maximum atomic E-state index is 12.0. The molecule has 0 saturated heterocycles. The SMILES string of the molecule is CCC(=O)N[C@H]1CCc2ccc(OC)cc2[C@H]1Cc1cccc(Cl)c1. The van der Waals surface area contributed by atoms with Crippen molar-refractivity contribution < 1.29 is 9.53 Å². The molecule has 3 nitrogen and oxygen atoms in total. The first-order chi connectivity index (χ1) is 12.1. The number of nitrogens with one attached hydrogen (secondary N) is 1. The third-order valence-corrected chi connectivity index (χ3v) is 5.21. The molecule has 132 valence electrons. The monoisotopic (exact) mass is 357 g/mol. The Labute approximate surface area is 154 Å². The smallest absolute Gasteiger partial charge is 0.219 e. The molecule has 1 aliphatic rings. The van der Waals surface area contributed by atoms with Crippen LogP contribution in [-0.4, -0.2) is 19.1 Å². The number of halogens is 1. The first-order valence-electron chi connectivity index (χ1n) is 8.81. The standard InChI is InChI=1S/C21H24ClNO2/c1-3-21(24)23-20-10-8-15-7-9-17(25-2)13-18(15)19(20)12-14-5-4-6-16(22)11-14/h4-7,9,11,13,19-20H,3,8,10,12H2,1-2H3,(H,23,24)/t19-,20+/m1/s1. The molecule has 1 aliphatic carbocycles. The number of rotatable bonds is 5. The van der Waals surface area contributed by atoms with Gasteiger partial charge in [-0.05, 0) is 60.2 Å². The Balaban J connectivity index is 1.96. The Morgan fingerprint density at radius 2 is 2.12 bits per heavy atom. The molecule has 2 aromatic carbocycles. The Bertz CT molecular complexity index is 759. The zero-order valence-electron chi connectivity index (χ0n) is 14.7. The first-order valence-corrected chi connectivity index (χ1v) is 9.19. The molecule has 1 amide bonds. The molecular weight excluding hydrogens is 334 g/mol. The van der Waals surface area contributed by atoms with Gasteiger partial charge in [-0.25, -0.2) is 0 Å². The van der Waals surface area contributed by atoms with E-state index in [-0.39, 0.29) is 17.9 Å². The van der Waals surface area contributed by atoms with Crippen LogP contribution < -0.4 is 10.1 Å². The fourth-order valence-corrected chi connectivity index (χ4v) is 3.87. The van der Waals surface area contributed by atoms with Gasteiger partial charge in [-0.3, -0.25) is 4.79 Å². The van der Waals surface area contributed by atoms with Gasteiger partial charge in [0.1, 0.15) is 5.75 Å². The summed E-state index contributed by atoms with van der Waals surface area (Å²) in [6, 6.07) is 14.4. The molecule has 0 unspecified atom stereocenters. The van der Waals surface area contributed by atoms with E-state index in [1.807, 2.05) is 31.2 Å². The van der Waals surface area contributed by atoms with E-state index in [1.54, 1.807) is 7.11 Å². The van der Waals surface area contributed by atoms with Crippen molar-refractivity contribution in [2.75, 3.05) is 7.11 Å². The van der Waals surface area contributed by atoms with Crippen LogP contribution in [0.25, 0.3) is 0 Å². The van der Waals surface area contributed by atoms with Crippen LogP contribution in [0.2, 0.25) is 5.02 Å². The average Bonchev–Trinajstić information content (AvgIpc) is 2.63. The van der Waals surface area contributed by atoms with Crippen molar-refractivity contribution in [3.8, 4) is 5.75 Å². The van der Waals surface area contributed by atoms with Crippen LogP contribution >= 0.6 is 11.6 Å². The van der Waals surface area contributed by atoms with Gasteiger partial charge in [0.2, 0.25) is 5.91 Å². The molecule has 2 aromatic rings. The Hall–Kier alpha value is -2.00. The van der Waals surface area contributed by atoms with Crippen LogP contribution in [0.3, 0.4) is 0 Å². The van der Waals surface area contributed by atoms with Crippen molar-refractivity contribution >= 4 is 17.5 Å². The van der Waals surface area contributed by atoms with E-state index >= 15 is 0 Å². The van der Waals surface area contributed by atoms with Crippen LogP contribution in [0, 0.1) is 0 Å². The number of benzene rings is 2. The third-order valence-electron chi connectivity index (χ3n) is 4.98. The van der Waals surface area contributed by atoms with E-state index in [4.69, 9.17) is 16.3 Å². The molecule has 3 rings (SSSR count). The maximum Gasteiger partial charge on any atom is 0.219 e. The summed E-state index contributed by atoms with van der Waals surface area (Å²) in [5.74, 6) is 1.18.